The Morgan fingerprint density at radius 1 is 1.21 bits per heavy atom. The fraction of sp³-hybridized carbons (Fsp3) is 0.368. The maximum Gasteiger partial charge on any atom is 0.417 e. The van der Waals surface area contributed by atoms with E-state index < -0.39 is 26.7 Å². The highest BCUT2D eigenvalue weighted by Crippen LogP contribution is 2.36. The van der Waals surface area contributed by atoms with Gasteiger partial charge in [-0.1, -0.05) is 12.1 Å². The molecule has 1 heterocycles. The highest BCUT2D eigenvalue weighted by molar-refractivity contribution is 7.89. The Labute approximate surface area is 167 Å². The van der Waals surface area contributed by atoms with Crippen LogP contribution in [0.25, 0.3) is 0 Å². The summed E-state index contributed by atoms with van der Waals surface area (Å²) in [5.74, 6) is 0.727. The van der Waals surface area contributed by atoms with Crippen LogP contribution in [0.5, 0.6) is 5.75 Å². The maximum absolute atomic E-state index is 13.3. The predicted molar refractivity (Wildman–Crippen MR) is 105 cm³/mol. The molecule has 29 heavy (non-hydrogen) atoms. The number of rotatable bonds is 5. The molecule has 1 unspecified atom stereocenters. The number of anilines is 2. The lowest BCUT2D eigenvalue weighted by molar-refractivity contribution is -0.139. The SMILES string of the molecule is COc1ccccc1N1CCCC(Nc2ccc(S(N)(=O)=O)c(C(F)(F)F)c2)C1. The molecule has 0 radical (unpaired) electrons. The summed E-state index contributed by atoms with van der Waals surface area (Å²) in [4.78, 5) is 1.18. The summed E-state index contributed by atoms with van der Waals surface area (Å²) >= 11 is 0. The van der Waals surface area contributed by atoms with Gasteiger partial charge in [0.15, 0.2) is 0 Å². The molecule has 0 aliphatic carbocycles. The van der Waals surface area contributed by atoms with Crippen LogP contribution in [0.1, 0.15) is 18.4 Å². The van der Waals surface area contributed by atoms with E-state index in [2.05, 4.69) is 10.2 Å². The summed E-state index contributed by atoms with van der Waals surface area (Å²) in [5, 5.41) is 8.02. The molecule has 1 aliphatic rings. The van der Waals surface area contributed by atoms with Gasteiger partial charge in [0.05, 0.1) is 23.3 Å². The number of nitrogens with zero attached hydrogens (tertiary/aromatic N) is 1. The molecule has 0 spiro atoms. The van der Waals surface area contributed by atoms with Crippen molar-refractivity contribution in [3.63, 3.8) is 0 Å². The van der Waals surface area contributed by atoms with Gasteiger partial charge in [0.25, 0.3) is 0 Å². The number of primary sulfonamides is 1. The van der Waals surface area contributed by atoms with Crippen molar-refractivity contribution in [2.75, 3.05) is 30.4 Å². The first-order valence-corrected chi connectivity index (χ1v) is 10.5. The molecule has 3 N–H and O–H groups in total. The molecule has 0 bridgehead atoms. The fourth-order valence-electron chi connectivity index (χ4n) is 3.53. The van der Waals surface area contributed by atoms with Crippen LogP contribution in [-0.4, -0.2) is 34.7 Å². The molecule has 1 saturated heterocycles. The third-order valence-corrected chi connectivity index (χ3v) is 5.78. The van der Waals surface area contributed by atoms with Gasteiger partial charge in [-0.15, -0.1) is 0 Å². The minimum Gasteiger partial charge on any atom is -0.495 e. The Kier molecular flexibility index (Phi) is 5.95. The largest absolute Gasteiger partial charge is 0.495 e. The van der Waals surface area contributed by atoms with Crippen molar-refractivity contribution in [3.8, 4) is 5.75 Å². The van der Waals surface area contributed by atoms with Crippen LogP contribution in [0.4, 0.5) is 24.5 Å². The van der Waals surface area contributed by atoms with Crippen LogP contribution in [-0.2, 0) is 16.2 Å². The Hall–Kier alpha value is -2.46. The van der Waals surface area contributed by atoms with Gasteiger partial charge in [-0.05, 0) is 43.2 Å². The van der Waals surface area contributed by atoms with Crippen LogP contribution in [0.3, 0.4) is 0 Å². The number of piperidine rings is 1. The number of benzene rings is 2. The lowest BCUT2D eigenvalue weighted by Crippen LogP contribution is -2.42. The van der Waals surface area contributed by atoms with Crippen LogP contribution >= 0.6 is 0 Å². The second-order valence-corrected chi connectivity index (χ2v) is 8.38. The van der Waals surface area contributed by atoms with Gasteiger partial charge in [0.2, 0.25) is 10.0 Å². The highest BCUT2D eigenvalue weighted by atomic mass is 32.2. The predicted octanol–water partition coefficient (Wildman–Crippen LogP) is 3.44. The number of methoxy groups -OCH3 is 1. The van der Waals surface area contributed by atoms with Gasteiger partial charge in [0, 0.05) is 24.8 Å². The molecule has 0 amide bonds. The summed E-state index contributed by atoms with van der Waals surface area (Å²) in [6.45, 7) is 1.37. The molecule has 2 aromatic rings. The van der Waals surface area contributed by atoms with Crippen LogP contribution in [0, 0.1) is 0 Å². The molecule has 1 atom stereocenters. The molecule has 0 saturated carbocycles. The molecule has 1 fully saturated rings. The number of halogens is 3. The van der Waals surface area contributed by atoms with E-state index in [1.807, 2.05) is 24.3 Å². The van der Waals surface area contributed by atoms with Gasteiger partial charge in [-0.25, -0.2) is 13.6 Å². The summed E-state index contributed by atoms with van der Waals surface area (Å²) in [7, 11) is -2.90. The van der Waals surface area contributed by atoms with Crippen LogP contribution < -0.4 is 20.1 Å². The summed E-state index contributed by atoms with van der Waals surface area (Å²) < 4.78 is 68.4. The molecule has 1 aliphatic heterocycles. The third-order valence-electron chi connectivity index (χ3n) is 4.81. The monoisotopic (exact) mass is 429 g/mol. The van der Waals surface area contributed by atoms with Gasteiger partial charge in [-0.3, -0.25) is 0 Å². The number of alkyl halides is 3. The number of ether oxygens (including phenoxy) is 1. The standard InChI is InChI=1S/C19H22F3N3O3S/c1-28-17-7-3-2-6-16(17)25-10-4-5-14(12-25)24-13-8-9-18(29(23,26)27)15(11-13)19(20,21)22/h2-3,6-9,11,14,24H,4-5,10,12H2,1H3,(H2,23,26,27). The van der Waals surface area contributed by atoms with E-state index in [1.165, 1.54) is 6.07 Å². The Balaban J connectivity index is 1.83. The van der Waals surface area contributed by atoms with Gasteiger partial charge in [-0.2, -0.15) is 13.2 Å². The van der Waals surface area contributed by atoms with E-state index in [1.54, 1.807) is 7.11 Å². The quantitative estimate of drug-likeness (QED) is 0.761. The minimum atomic E-state index is -4.84. The molecule has 10 heteroatoms. The first-order chi connectivity index (χ1) is 13.6. The second kappa shape index (κ2) is 8.11. The van der Waals surface area contributed by atoms with Crippen molar-refractivity contribution in [1.29, 1.82) is 0 Å². The van der Waals surface area contributed by atoms with Crippen LogP contribution in [0.2, 0.25) is 0 Å². The zero-order valence-electron chi connectivity index (χ0n) is 15.7. The van der Waals surface area contributed by atoms with Crippen molar-refractivity contribution >= 4 is 21.4 Å². The van der Waals surface area contributed by atoms with Gasteiger partial charge >= 0.3 is 6.18 Å². The Morgan fingerprint density at radius 2 is 1.93 bits per heavy atom. The average Bonchev–Trinajstić information content (AvgIpc) is 2.66. The van der Waals surface area contributed by atoms with Gasteiger partial charge in [0.1, 0.15) is 5.75 Å². The number of nitrogens with two attached hydrogens (primary N) is 1. The Morgan fingerprint density at radius 3 is 2.59 bits per heavy atom. The lowest BCUT2D eigenvalue weighted by atomic mass is 10.0. The lowest BCUT2D eigenvalue weighted by Gasteiger charge is -2.36. The van der Waals surface area contributed by atoms with E-state index >= 15 is 0 Å². The molecule has 3 rings (SSSR count). The van der Waals surface area contributed by atoms with E-state index in [-0.39, 0.29) is 11.7 Å². The summed E-state index contributed by atoms with van der Waals surface area (Å²) in [5.41, 5.74) is -0.166. The number of hydrogen-bond acceptors (Lipinski definition) is 5. The average molecular weight is 429 g/mol. The molecular formula is C19H22F3N3O3S. The topological polar surface area (TPSA) is 84.7 Å². The van der Waals surface area contributed by atoms with Crippen LogP contribution in [0.15, 0.2) is 47.4 Å². The van der Waals surface area contributed by atoms with Crippen molar-refractivity contribution in [1.82, 2.24) is 0 Å². The normalized spacial score (nSPS) is 17.8. The summed E-state index contributed by atoms with van der Waals surface area (Å²) in [6.07, 6.45) is -3.23. The molecule has 0 aromatic heterocycles. The first-order valence-electron chi connectivity index (χ1n) is 8.98. The molecular weight excluding hydrogens is 407 g/mol. The van der Waals surface area contributed by atoms with Crippen molar-refractivity contribution in [3.05, 3.63) is 48.0 Å². The minimum absolute atomic E-state index is 0.116. The molecule has 2 aromatic carbocycles. The second-order valence-electron chi connectivity index (χ2n) is 6.86. The van der Waals surface area contributed by atoms with E-state index in [0.29, 0.717) is 6.54 Å². The smallest absolute Gasteiger partial charge is 0.417 e. The van der Waals surface area contributed by atoms with E-state index in [0.717, 1.165) is 43.0 Å². The third kappa shape index (κ3) is 4.94. The van der Waals surface area contributed by atoms with E-state index in [4.69, 9.17) is 9.88 Å². The van der Waals surface area contributed by atoms with Crippen molar-refractivity contribution in [2.24, 2.45) is 5.14 Å². The van der Waals surface area contributed by atoms with Crippen molar-refractivity contribution < 1.29 is 26.3 Å². The number of nitrogens with one attached hydrogen (secondary N) is 1. The Bertz CT molecular complexity index is 980. The number of sulfonamides is 1. The first kappa shape index (κ1) is 21.3. The zero-order valence-corrected chi connectivity index (χ0v) is 16.6. The number of para-hydroxylation sites is 2. The molecule has 158 valence electrons. The van der Waals surface area contributed by atoms with Crippen molar-refractivity contribution in [2.45, 2.75) is 30.0 Å². The maximum atomic E-state index is 13.3. The van der Waals surface area contributed by atoms with Gasteiger partial charge < -0.3 is 15.0 Å². The highest BCUT2D eigenvalue weighted by Gasteiger charge is 2.37. The zero-order chi connectivity index (χ0) is 21.2. The molecule has 6 nitrogen and oxygen atoms in total. The fourth-order valence-corrected chi connectivity index (χ4v) is 4.27. The summed E-state index contributed by atoms with van der Waals surface area (Å²) in [6, 6.07) is 10.4. The number of hydrogen-bond donors (Lipinski definition) is 2. The van der Waals surface area contributed by atoms with E-state index in [9.17, 15) is 21.6 Å².